The van der Waals surface area contributed by atoms with E-state index in [0.29, 0.717) is 24.0 Å². The van der Waals surface area contributed by atoms with E-state index in [1.54, 1.807) is 17.2 Å². The Labute approximate surface area is 125 Å². The molecule has 2 aromatic heterocycles. The lowest BCUT2D eigenvalue weighted by molar-refractivity contribution is -0.128. The van der Waals surface area contributed by atoms with E-state index >= 15 is 0 Å². The number of carbonyl (C=O) groups is 2. The van der Waals surface area contributed by atoms with Crippen LogP contribution in [0.1, 0.15) is 17.2 Å². The number of anilines is 1. The number of hydrogen-bond acceptors (Lipinski definition) is 6. The van der Waals surface area contributed by atoms with Crippen LogP contribution in [0, 0.1) is 12.8 Å². The van der Waals surface area contributed by atoms with Gasteiger partial charge in [-0.1, -0.05) is 11.3 Å². The van der Waals surface area contributed by atoms with Gasteiger partial charge in [0.1, 0.15) is 10.8 Å². The molecule has 1 fully saturated rings. The smallest absolute Gasteiger partial charge is 0.231 e. The highest BCUT2D eigenvalue weighted by molar-refractivity contribution is 7.15. The average Bonchev–Trinajstić information content (AvgIpc) is 3.15. The number of nitrogens with zero attached hydrogens (tertiary/aromatic N) is 3. The fourth-order valence-electron chi connectivity index (χ4n) is 2.25. The Kier molecular flexibility index (Phi) is 3.70. The van der Waals surface area contributed by atoms with Crippen LogP contribution in [0.4, 0.5) is 5.13 Å². The Morgan fingerprint density at radius 3 is 3.10 bits per heavy atom. The first-order valence-corrected chi connectivity index (χ1v) is 7.34. The largest absolute Gasteiger partial charge is 0.467 e. The predicted octanol–water partition coefficient (Wildman–Crippen LogP) is 1.43. The van der Waals surface area contributed by atoms with Gasteiger partial charge in [-0.25, -0.2) is 0 Å². The molecule has 0 aromatic carbocycles. The SMILES string of the molecule is Cc1nnc(NC(=O)[C@@H]2CC(=O)N(Cc3ccco3)C2)s1. The van der Waals surface area contributed by atoms with Gasteiger partial charge in [0.2, 0.25) is 16.9 Å². The molecule has 0 aliphatic carbocycles. The first-order chi connectivity index (χ1) is 10.1. The van der Waals surface area contributed by atoms with Gasteiger partial charge >= 0.3 is 0 Å². The monoisotopic (exact) mass is 306 g/mol. The second-order valence-electron chi connectivity index (χ2n) is 4.87. The van der Waals surface area contributed by atoms with Crippen molar-refractivity contribution >= 4 is 28.3 Å². The summed E-state index contributed by atoms with van der Waals surface area (Å²) in [6.45, 7) is 2.61. The van der Waals surface area contributed by atoms with Gasteiger partial charge in [-0.3, -0.25) is 9.59 Å². The van der Waals surface area contributed by atoms with E-state index in [1.807, 2.05) is 13.0 Å². The fourth-order valence-corrected chi connectivity index (χ4v) is 2.84. The minimum atomic E-state index is -0.364. The van der Waals surface area contributed by atoms with Gasteiger partial charge in [0.25, 0.3) is 0 Å². The molecule has 3 heterocycles. The van der Waals surface area contributed by atoms with Crippen molar-refractivity contribution in [3.8, 4) is 0 Å². The second kappa shape index (κ2) is 5.65. The summed E-state index contributed by atoms with van der Waals surface area (Å²) in [7, 11) is 0. The molecule has 7 nitrogen and oxygen atoms in total. The van der Waals surface area contributed by atoms with Crippen molar-refractivity contribution in [2.45, 2.75) is 19.9 Å². The number of hydrogen-bond donors (Lipinski definition) is 1. The molecule has 0 unspecified atom stereocenters. The van der Waals surface area contributed by atoms with Gasteiger partial charge in [0, 0.05) is 13.0 Å². The van der Waals surface area contributed by atoms with Gasteiger partial charge in [0.05, 0.1) is 18.7 Å². The third kappa shape index (κ3) is 3.10. The molecule has 21 heavy (non-hydrogen) atoms. The summed E-state index contributed by atoms with van der Waals surface area (Å²) in [5.74, 6) is 0.113. The van der Waals surface area contributed by atoms with Gasteiger partial charge in [-0.15, -0.1) is 10.2 Å². The Balaban J connectivity index is 1.59. The van der Waals surface area contributed by atoms with Gasteiger partial charge in [0.15, 0.2) is 0 Å². The number of furan rings is 1. The van der Waals surface area contributed by atoms with E-state index in [2.05, 4.69) is 15.5 Å². The summed E-state index contributed by atoms with van der Waals surface area (Å²) < 4.78 is 5.23. The lowest BCUT2D eigenvalue weighted by Crippen LogP contribution is -2.27. The van der Waals surface area contributed by atoms with E-state index in [1.165, 1.54) is 11.3 Å². The molecule has 1 atom stereocenters. The number of nitrogens with one attached hydrogen (secondary N) is 1. The van der Waals surface area contributed by atoms with Crippen LogP contribution in [0.3, 0.4) is 0 Å². The normalized spacial score (nSPS) is 18.2. The molecule has 8 heteroatoms. The lowest BCUT2D eigenvalue weighted by atomic mass is 10.1. The van der Waals surface area contributed by atoms with Crippen LogP contribution >= 0.6 is 11.3 Å². The standard InChI is InChI=1S/C13H14N4O3S/c1-8-15-16-13(21-8)14-12(19)9-5-11(18)17(6-9)7-10-3-2-4-20-10/h2-4,9H,5-7H2,1H3,(H,14,16,19)/t9-/m1/s1. The zero-order chi connectivity index (χ0) is 14.8. The second-order valence-corrected chi connectivity index (χ2v) is 6.05. The molecule has 1 saturated heterocycles. The van der Waals surface area contributed by atoms with Crippen LogP contribution in [-0.4, -0.2) is 33.5 Å². The molecule has 0 saturated carbocycles. The summed E-state index contributed by atoms with van der Waals surface area (Å²) in [5.41, 5.74) is 0. The molecular weight excluding hydrogens is 292 g/mol. The molecule has 2 amide bonds. The molecule has 0 radical (unpaired) electrons. The third-order valence-electron chi connectivity index (χ3n) is 3.27. The first kappa shape index (κ1) is 13.7. The zero-order valence-electron chi connectivity index (χ0n) is 11.4. The number of aromatic nitrogens is 2. The summed E-state index contributed by atoms with van der Waals surface area (Å²) in [4.78, 5) is 25.7. The van der Waals surface area contributed by atoms with Crippen LogP contribution in [0.15, 0.2) is 22.8 Å². The van der Waals surface area contributed by atoms with Crippen LogP contribution in [-0.2, 0) is 16.1 Å². The van der Waals surface area contributed by atoms with Crippen LogP contribution in [0.5, 0.6) is 0 Å². The van der Waals surface area contributed by atoms with Crippen LogP contribution < -0.4 is 5.32 Å². The molecule has 1 N–H and O–H groups in total. The Hall–Kier alpha value is -2.22. The van der Waals surface area contributed by atoms with Crippen LogP contribution in [0.2, 0.25) is 0 Å². The maximum Gasteiger partial charge on any atom is 0.231 e. The number of likely N-dealkylation sites (tertiary alicyclic amines) is 1. The zero-order valence-corrected chi connectivity index (χ0v) is 12.2. The summed E-state index contributed by atoms with van der Waals surface area (Å²) >= 11 is 1.31. The van der Waals surface area contributed by atoms with Crippen molar-refractivity contribution in [2.75, 3.05) is 11.9 Å². The van der Waals surface area contributed by atoms with E-state index < -0.39 is 0 Å². The molecule has 1 aliphatic rings. The minimum absolute atomic E-state index is 0.0417. The Morgan fingerprint density at radius 1 is 1.57 bits per heavy atom. The molecule has 2 aromatic rings. The molecular formula is C13H14N4O3S. The Morgan fingerprint density at radius 2 is 2.43 bits per heavy atom. The Bertz CT molecular complexity index is 652. The van der Waals surface area contributed by atoms with E-state index in [9.17, 15) is 9.59 Å². The van der Waals surface area contributed by atoms with Gasteiger partial charge < -0.3 is 14.6 Å². The van der Waals surface area contributed by atoms with E-state index in [0.717, 1.165) is 5.01 Å². The summed E-state index contributed by atoms with van der Waals surface area (Å²) in [5, 5.41) is 11.6. The van der Waals surface area contributed by atoms with Gasteiger partial charge in [-0.05, 0) is 19.1 Å². The lowest BCUT2D eigenvalue weighted by Gasteiger charge is -2.14. The molecule has 0 bridgehead atoms. The first-order valence-electron chi connectivity index (χ1n) is 6.53. The number of rotatable bonds is 4. The average molecular weight is 306 g/mol. The fraction of sp³-hybridized carbons (Fsp3) is 0.385. The van der Waals surface area contributed by atoms with Gasteiger partial charge in [-0.2, -0.15) is 0 Å². The topological polar surface area (TPSA) is 88.3 Å². The van der Waals surface area contributed by atoms with Crippen molar-refractivity contribution in [3.05, 3.63) is 29.2 Å². The van der Waals surface area contributed by atoms with E-state index in [4.69, 9.17) is 4.42 Å². The molecule has 1 aliphatic heterocycles. The molecule has 3 rings (SSSR count). The minimum Gasteiger partial charge on any atom is -0.467 e. The van der Waals surface area contributed by atoms with Crippen molar-refractivity contribution in [3.63, 3.8) is 0 Å². The highest BCUT2D eigenvalue weighted by atomic mass is 32.1. The third-order valence-corrected chi connectivity index (χ3v) is 4.02. The number of carbonyl (C=O) groups excluding carboxylic acids is 2. The van der Waals surface area contributed by atoms with Crippen molar-refractivity contribution in [2.24, 2.45) is 5.92 Å². The maximum absolute atomic E-state index is 12.1. The number of aryl methyl sites for hydroxylation is 1. The highest BCUT2D eigenvalue weighted by Crippen LogP contribution is 2.23. The molecule has 110 valence electrons. The van der Waals surface area contributed by atoms with Crippen molar-refractivity contribution < 1.29 is 14.0 Å². The quantitative estimate of drug-likeness (QED) is 0.923. The number of amides is 2. The van der Waals surface area contributed by atoms with Crippen molar-refractivity contribution in [1.29, 1.82) is 0 Å². The maximum atomic E-state index is 12.1. The van der Waals surface area contributed by atoms with Crippen molar-refractivity contribution in [1.82, 2.24) is 15.1 Å². The predicted molar refractivity (Wildman–Crippen MR) is 75.5 cm³/mol. The van der Waals surface area contributed by atoms with Crippen LogP contribution in [0.25, 0.3) is 0 Å². The summed E-state index contributed by atoms with van der Waals surface area (Å²) in [6.07, 6.45) is 1.78. The molecule has 0 spiro atoms. The van der Waals surface area contributed by atoms with E-state index in [-0.39, 0.29) is 24.2 Å². The summed E-state index contributed by atoms with van der Waals surface area (Å²) in [6, 6.07) is 3.59. The highest BCUT2D eigenvalue weighted by Gasteiger charge is 2.34.